The van der Waals surface area contributed by atoms with Gasteiger partial charge in [0, 0.05) is 31.5 Å². The summed E-state index contributed by atoms with van der Waals surface area (Å²) in [6, 6.07) is -0.695. The molecule has 124 valence electrons. The number of nitrogens with zero attached hydrogens (tertiary/aromatic N) is 2. The monoisotopic (exact) mass is 310 g/mol. The van der Waals surface area contributed by atoms with E-state index in [-0.39, 0.29) is 23.7 Å². The van der Waals surface area contributed by atoms with Crippen molar-refractivity contribution in [3.8, 4) is 0 Å². The lowest BCUT2D eigenvalue weighted by Gasteiger charge is -2.27. The van der Waals surface area contributed by atoms with Gasteiger partial charge in [-0.15, -0.1) is 0 Å². The maximum Gasteiger partial charge on any atom is 0.326 e. The molecule has 0 aromatic heterocycles. The molecule has 2 fully saturated rings. The lowest BCUT2D eigenvalue weighted by molar-refractivity contribution is -0.150. The topological polar surface area (TPSA) is 77.9 Å². The third-order valence-corrected chi connectivity index (χ3v) is 4.79. The van der Waals surface area contributed by atoms with E-state index in [2.05, 4.69) is 0 Å². The van der Waals surface area contributed by atoms with Gasteiger partial charge in [-0.25, -0.2) is 4.79 Å². The van der Waals surface area contributed by atoms with Gasteiger partial charge in [-0.1, -0.05) is 13.8 Å². The number of hydrogen-bond donors (Lipinski definition) is 1. The van der Waals surface area contributed by atoms with Crippen LogP contribution in [0.1, 0.15) is 46.0 Å². The maximum atomic E-state index is 12.5. The third-order valence-electron chi connectivity index (χ3n) is 4.79. The van der Waals surface area contributed by atoms with E-state index in [9.17, 15) is 19.5 Å². The Bertz CT molecular complexity index is 445. The second-order valence-electron chi connectivity index (χ2n) is 6.60. The number of amides is 2. The van der Waals surface area contributed by atoms with Gasteiger partial charge in [0.25, 0.3) is 0 Å². The maximum absolute atomic E-state index is 12.5. The Morgan fingerprint density at radius 1 is 1.00 bits per heavy atom. The van der Waals surface area contributed by atoms with E-state index < -0.39 is 12.0 Å². The highest BCUT2D eigenvalue weighted by Crippen LogP contribution is 2.24. The van der Waals surface area contributed by atoms with Crippen LogP contribution in [0.4, 0.5) is 0 Å². The zero-order chi connectivity index (χ0) is 16.3. The zero-order valence-corrected chi connectivity index (χ0v) is 13.5. The molecule has 1 unspecified atom stereocenters. The van der Waals surface area contributed by atoms with Gasteiger partial charge in [-0.05, 0) is 32.1 Å². The highest BCUT2D eigenvalue weighted by atomic mass is 16.4. The van der Waals surface area contributed by atoms with Crippen molar-refractivity contribution in [1.29, 1.82) is 0 Å². The van der Waals surface area contributed by atoms with Gasteiger partial charge in [0.05, 0.1) is 0 Å². The van der Waals surface area contributed by atoms with Crippen LogP contribution in [0.25, 0.3) is 0 Å². The number of carbonyl (C=O) groups excluding carboxylic acids is 2. The number of carbonyl (C=O) groups is 3. The zero-order valence-electron chi connectivity index (χ0n) is 13.5. The van der Waals surface area contributed by atoms with Crippen molar-refractivity contribution in [2.75, 3.05) is 19.6 Å². The molecule has 1 N–H and O–H groups in total. The first-order valence-corrected chi connectivity index (χ1v) is 8.24. The number of aliphatic carboxylic acids is 1. The Kier molecular flexibility index (Phi) is 5.42. The van der Waals surface area contributed by atoms with E-state index in [4.69, 9.17) is 0 Å². The van der Waals surface area contributed by atoms with Crippen molar-refractivity contribution in [2.24, 2.45) is 11.8 Å². The first-order chi connectivity index (χ1) is 10.4. The van der Waals surface area contributed by atoms with Crippen molar-refractivity contribution in [3.63, 3.8) is 0 Å². The number of carboxylic acid groups (broad SMARTS) is 1. The van der Waals surface area contributed by atoms with Crippen LogP contribution >= 0.6 is 0 Å². The van der Waals surface area contributed by atoms with Crippen molar-refractivity contribution in [1.82, 2.24) is 9.80 Å². The standard InChI is InChI=1S/C16H26N2O4/c1-11(14(19)17-7-3-4-8-17)10-12(2)15(20)18-9-5-6-13(18)16(21)22/h11-13H,3-10H2,1-2H3,(H,21,22)/t11-,12?,13-/m1/s1. The molecule has 0 bridgehead atoms. The molecule has 2 heterocycles. The molecule has 2 aliphatic rings. The largest absolute Gasteiger partial charge is 0.480 e. The average Bonchev–Trinajstić information content (AvgIpc) is 3.16. The number of likely N-dealkylation sites (tertiary alicyclic amines) is 2. The fraction of sp³-hybridized carbons (Fsp3) is 0.812. The Hall–Kier alpha value is -1.59. The summed E-state index contributed by atoms with van der Waals surface area (Å²) in [5.41, 5.74) is 0. The highest BCUT2D eigenvalue weighted by molar-refractivity contribution is 5.86. The van der Waals surface area contributed by atoms with Gasteiger partial charge in [-0.3, -0.25) is 9.59 Å². The molecular weight excluding hydrogens is 284 g/mol. The molecule has 0 aromatic rings. The molecule has 22 heavy (non-hydrogen) atoms. The van der Waals surface area contributed by atoms with Crippen LogP contribution < -0.4 is 0 Å². The molecule has 0 radical (unpaired) electrons. The molecule has 2 rings (SSSR count). The molecule has 6 heteroatoms. The molecule has 2 amide bonds. The highest BCUT2D eigenvalue weighted by Gasteiger charge is 2.36. The summed E-state index contributed by atoms with van der Waals surface area (Å²) in [4.78, 5) is 39.3. The van der Waals surface area contributed by atoms with Gasteiger partial charge in [0.1, 0.15) is 6.04 Å². The Morgan fingerprint density at radius 3 is 2.18 bits per heavy atom. The van der Waals surface area contributed by atoms with E-state index >= 15 is 0 Å². The summed E-state index contributed by atoms with van der Waals surface area (Å²) < 4.78 is 0. The van der Waals surface area contributed by atoms with Crippen LogP contribution in [0.15, 0.2) is 0 Å². The van der Waals surface area contributed by atoms with Gasteiger partial charge in [-0.2, -0.15) is 0 Å². The van der Waals surface area contributed by atoms with Crippen molar-refractivity contribution in [2.45, 2.75) is 52.0 Å². The lowest BCUT2D eigenvalue weighted by atomic mass is 9.94. The molecule has 0 aliphatic carbocycles. The van der Waals surface area contributed by atoms with E-state index in [1.165, 1.54) is 4.90 Å². The quantitative estimate of drug-likeness (QED) is 0.831. The SMILES string of the molecule is CC(C[C@@H](C)C(=O)N1CCCC1)C(=O)N1CCC[C@@H]1C(=O)O. The fourth-order valence-electron chi connectivity index (χ4n) is 3.55. The third kappa shape index (κ3) is 3.59. The van der Waals surface area contributed by atoms with Crippen LogP contribution in [-0.2, 0) is 14.4 Å². The minimum atomic E-state index is -0.931. The van der Waals surface area contributed by atoms with Gasteiger partial charge in [0.2, 0.25) is 11.8 Å². The molecular formula is C16H26N2O4. The first kappa shape index (κ1) is 16.8. The first-order valence-electron chi connectivity index (χ1n) is 8.24. The van der Waals surface area contributed by atoms with E-state index in [1.54, 1.807) is 6.92 Å². The molecule has 0 saturated carbocycles. The molecule has 2 saturated heterocycles. The Balaban J connectivity index is 1.90. The van der Waals surface area contributed by atoms with Gasteiger partial charge in [0.15, 0.2) is 0 Å². The molecule has 6 nitrogen and oxygen atoms in total. The normalized spacial score (nSPS) is 24.4. The summed E-state index contributed by atoms with van der Waals surface area (Å²) in [6.07, 6.45) is 3.85. The second-order valence-corrected chi connectivity index (χ2v) is 6.60. The van der Waals surface area contributed by atoms with Gasteiger partial charge < -0.3 is 14.9 Å². The van der Waals surface area contributed by atoms with E-state index in [0.29, 0.717) is 19.4 Å². The predicted octanol–water partition coefficient (Wildman–Crippen LogP) is 1.35. The number of hydrogen-bond acceptors (Lipinski definition) is 3. The smallest absolute Gasteiger partial charge is 0.326 e. The summed E-state index contributed by atoms with van der Waals surface area (Å²) in [5, 5.41) is 9.17. The van der Waals surface area contributed by atoms with Crippen LogP contribution in [-0.4, -0.2) is 58.4 Å². The van der Waals surface area contributed by atoms with E-state index in [0.717, 1.165) is 32.4 Å². The molecule has 0 aromatic carbocycles. The lowest BCUT2D eigenvalue weighted by Crippen LogP contribution is -2.43. The van der Waals surface area contributed by atoms with Crippen molar-refractivity contribution in [3.05, 3.63) is 0 Å². The molecule has 2 aliphatic heterocycles. The summed E-state index contributed by atoms with van der Waals surface area (Å²) in [7, 11) is 0. The minimum Gasteiger partial charge on any atom is -0.480 e. The van der Waals surface area contributed by atoms with Crippen LogP contribution in [0.2, 0.25) is 0 Å². The second kappa shape index (κ2) is 7.11. The predicted molar refractivity (Wildman–Crippen MR) is 81.1 cm³/mol. The fourth-order valence-corrected chi connectivity index (χ4v) is 3.55. The Morgan fingerprint density at radius 2 is 1.59 bits per heavy atom. The summed E-state index contributed by atoms with van der Waals surface area (Å²) in [5.74, 6) is -1.46. The van der Waals surface area contributed by atoms with E-state index in [1.807, 2.05) is 11.8 Å². The Labute approximate surface area is 131 Å². The van der Waals surface area contributed by atoms with Crippen molar-refractivity contribution >= 4 is 17.8 Å². The summed E-state index contributed by atoms with van der Waals surface area (Å²) in [6.45, 7) is 5.81. The molecule has 0 spiro atoms. The van der Waals surface area contributed by atoms with Crippen LogP contribution in [0, 0.1) is 11.8 Å². The van der Waals surface area contributed by atoms with Crippen LogP contribution in [0.3, 0.4) is 0 Å². The summed E-state index contributed by atoms with van der Waals surface area (Å²) >= 11 is 0. The van der Waals surface area contributed by atoms with Crippen molar-refractivity contribution < 1.29 is 19.5 Å². The average molecular weight is 310 g/mol. The minimum absolute atomic E-state index is 0.119. The van der Waals surface area contributed by atoms with Crippen LogP contribution in [0.5, 0.6) is 0 Å². The van der Waals surface area contributed by atoms with Gasteiger partial charge >= 0.3 is 5.97 Å². The number of carboxylic acids is 1. The molecule has 3 atom stereocenters. The number of rotatable bonds is 5.